The Morgan fingerprint density at radius 1 is 1.14 bits per heavy atom. The van der Waals surface area contributed by atoms with E-state index in [9.17, 15) is 0 Å². The molecule has 0 spiro atoms. The summed E-state index contributed by atoms with van der Waals surface area (Å²) in [6, 6.07) is 12.8. The van der Waals surface area contributed by atoms with E-state index < -0.39 is 0 Å². The quantitative estimate of drug-likeness (QED) is 0.195. The molecule has 0 saturated heterocycles. The maximum Gasteiger partial charge on any atom is 0.116 e. The number of aromatic nitrogens is 4. The third-order valence-electron chi connectivity index (χ3n) is 6.70. The number of aromatic amines is 2. The van der Waals surface area contributed by atoms with Crippen molar-refractivity contribution in [1.29, 1.82) is 0 Å². The number of benzene rings is 1. The fourth-order valence-electron chi connectivity index (χ4n) is 4.57. The number of allylic oxidation sites excluding steroid dienone is 5. The van der Waals surface area contributed by atoms with Gasteiger partial charge in [0.15, 0.2) is 0 Å². The van der Waals surface area contributed by atoms with E-state index in [2.05, 4.69) is 99.5 Å². The molecule has 178 valence electrons. The molecule has 5 aromatic rings. The second kappa shape index (κ2) is 9.13. The predicted octanol–water partition coefficient (Wildman–Crippen LogP) is 7.82. The van der Waals surface area contributed by atoms with Crippen molar-refractivity contribution in [3.05, 3.63) is 103 Å². The summed E-state index contributed by atoms with van der Waals surface area (Å²) in [5, 5.41) is 15.6. The minimum Gasteiger partial charge on any atom is -0.359 e. The summed E-state index contributed by atoms with van der Waals surface area (Å²) in [5.74, 6) is 0.582. The molecule has 1 aromatic carbocycles. The number of pyridine rings is 1. The van der Waals surface area contributed by atoms with E-state index in [1.54, 1.807) is 11.3 Å². The lowest BCUT2D eigenvalue weighted by atomic mass is 10.0. The van der Waals surface area contributed by atoms with E-state index in [-0.39, 0.29) is 0 Å². The number of hydrogen-bond donors (Lipinski definition) is 3. The molecule has 36 heavy (non-hydrogen) atoms. The van der Waals surface area contributed by atoms with Crippen LogP contribution in [0.25, 0.3) is 49.2 Å². The molecule has 1 fully saturated rings. The number of hydrogen-bond acceptors (Lipinski definition) is 4. The lowest BCUT2D eigenvalue weighted by Gasteiger charge is -2.11. The Morgan fingerprint density at radius 2 is 2.03 bits per heavy atom. The van der Waals surface area contributed by atoms with Gasteiger partial charge in [0.05, 0.1) is 22.9 Å². The van der Waals surface area contributed by atoms with Gasteiger partial charge in [-0.1, -0.05) is 31.4 Å². The van der Waals surface area contributed by atoms with Crippen molar-refractivity contribution in [2.45, 2.75) is 19.8 Å². The normalized spacial score (nSPS) is 14.5. The molecule has 0 radical (unpaired) electrons. The molecule has 6 heteroatoms. The Morgan fingerprint density at radius 3 is 2.78 bits per heavy atom. The van der Waals surface area contributed by atoms with Crippen LogP contribution < -0.4 is 5.32 Å². The van der Waals surface area contributed by atoms with Gasteiger partial charge < -0.3 is 10.3 Å². The summed E-state index contributed by atoms with van der Waals surface area (Å²) in [4.78, 5) is 9.19. The van der Waals surface area contributed by atoms with Crippen molar-refractivity contribution in [2.24, 2.45) is 5.92 Å². The fraction of sp³-hybridized carbons (Fsp3) is 0.133. The number of fused-ring (bicyclic) bond motifs is 2. The summed E-state index contributed by atoms with van der Waals surface area (Å²) >= 11 is 1.72. The average Bonchev–Trinajstić information content (AvgIpc) is 3.28. The third-order valence-corrected chi connectivity index (χ3v) is 7.60. The molecule has 5 nitrogen and oxygen atoms in total. The first-order valence-corrected chi connectivity index (χ1v) is 13.0. The van der Waals surface area contributed by atoms with Gasteiger partial charge in [-0.25, -0.2) is 0 Å². The van der Waals surface area contributed by atoms with Crippen LogP contribution in [0.2, 0.25) is 0 Å². The van der Waals surface area contributed by atoms with Crippen LogP contribution in [0.5, 0.6) is 0 Å². The maximum atomic E-state index is 4.67. The lowest BCUT2D eigenvalue weighted by molar-refractivity contribution is 0.865. The predicted molar refractivity (Wildman–Crippen MR) is 151 cm³/mol. The van der Waals surface area contributed by atoms with Crippen LogP contribution >= 0.6 is 11.3 Å². The number of H-pyrrole nitrogens is 2. The van der Waals surface area contributed by atoms with Gasteiger partial charge in [-0.15, -0.1) is 11.3 Å². The maximum absolute atomic E-state index is 4.67. The Balaban J connectivity index is 1.39. The van der Waals surface area contributed by atoms with Gasteiger partial charge in [0.1, 0.15) is 5.69 Å². The molecule has 0 amide bonds. The molecule has 4 aromatic heterocycles. The highest BCUT2D eigenvalue weighted by Gasteiger charge is 2.24. The molecule has 0 bridgehead atoms. The SMILES string of the molecule is C=C/C(=C\C(=C/C)c1ccc2[nH]nc(-c3cc4c(-c5cccs5)cncc4[nH]3)c2c1)NC(=C)C1CC1. The van der Waals surface area contributed by atoms with Gasteiger partial charge in [-0.2, -0.15) is 5.10 Å². The summed E-state index contributed by atoms with van der Waals surface area (Å²) in [5.41, 5.74) is 9.22. The van der Waals surface area contributed by atoms with Crippen LogP contribution in [0, 0.1) is 5.92 Å². The van der Waals surface area contributed by atoms with Gasteiger partial charge in [0.2, 0.25) is 0 Å². The Labute approximate surface area is 214 Å². The number of nitrogens with one attached hydrogen (secondary N) is 3. The second-order valence-electron chi connectivity index (χ2n) is 9.11. The van der Waals surface area contributed by atoms with Crippen LogP contribution in [0.3, 0.4) is 0 Å². The van der Waals surface area contributed by atoms with Crippen molar-refractivity contribution in [1.82, 2.24) is 25.5 Å². The van der Waals surface area contributed by atoms with Crippen molar-refractivity contribution in [3.63, 3.8) is 0 Å². The number of nitrogens with zero attached hydrogens (tertiary/aromatic N) is 2. The second-order valence-corrected chi connectivity index (χ2v) is 10.1. The topological polar surface area (TPSA) is 69.4 Å². The van der Waals surface area contributed by atoms with Crippen molar-refractivity contribution >= 4 is 38.7 Å². The first-order chi connectivity index (χ1) is 17.6. The molecule has 6 rings (SSSR count). The summed E-state index contributed by atoms with van der Waals surface area (Å²) in [6.45, 7) is 10.2. The molecule has 4 heterocycles. The molecule has 0 atom stereocenters. The lowest BCUT2D eigenvalue weighted by Crippen LogP contribution is -2.11. The monoisotopic (exact) mass is 489 g/mol. The van der Waals surface area contributed by atoms with Crippen LogP contribution in [0.15, 0.2) is 97.0 Å². The Kier molecular flexibility index (Phi) is 5.66. The van der Waals surface area contributed by atoms with Crippen LogP contribution in [0.1, 0.15) is 25.3 Å². The van der Waals surface area contributed by atoms with E-state index in [0.29, 0.717) is 5.92 Å². The first kappa shape index (κ1) is 22.3. The Bertz CT molecular complexity index is 1660. The van der Waals surface area contributed by atoms with E-state index in [1.807, 2.05) is 18.5 Å². The molecule has 1 saturated carbocycles. The summed E-state index contributed by atoms with van der Waals surface area (Å²) in [7, 11) is 0. The molecule has 0 unspecified atom stereocenters. The average molecular weight is 490 g/mol. The van der Waals surface area contributed by atoms with Crippen molar-refractivity contribution in [3.8, 4) is 21.8 Å². The van der Waals surface area contributed by atoms with Gasteiger partial charge >= 0.3 is 0 Å². The van der Waals surface area contributed by atoms with Gasteiger partial charge in [-0.3, -0.25) is 10.1 Å². The van der Waals surface area contributed by atoms with Gasteiger partial charge in [-0.05, 0) is 78.6 Å². The van der Waals surface area contributed by atoms with Gasteiger partial charge in [0.25, 0.3) is 0 Å². The number of rotatable bonds is 8. The van der Waals surface area contributed by atoms with E-state index in [4.69, 9.17) is 0 Å². The van der Waals surface area contributed by atoms with Crippen LogP contribution in [-0.2, 0) is 0 Å². The smallest absolute Gasteiger partial charge is 0.116 e. The highest BCUT2D eigenvalue weighted by molar-refractivity contribution is 7.13. The molecule has 3 N–H and O–H groups in total. The summed E-state index contributed by atoms with van der Waals surface area (Å²) in [6.07, 6.45) is 12.3. The zero-order chi connectivity index (χ0) is 24.6. The largest absolute Gasteiger partial charge is 0.359 e. The fourth-order valence-corrected chi connectivity index (χ4v) is 5.32. The standard InChI is InChI=1S/C30H27N5S/c1-4-19(13-22(5-2)32-18(3)20-8-9-20)21-10-11-26-24(14-21)30(35-34-26)27-15-23-25(29-7-6-12-36-29)16-31-17-28(23)33-27/h4-7,10-17,20,32-33H,2-3,8-9H2,1H3,(H,34,35)/b19-4+,22-13+. The molecule has 1 aliphatic rings. The Hall–Kier alpha value is -4.16. The van der Waals surface area contributed by atoms with E-state index in [1.165, 1.54) is 17.7 Å². The van der Waals surface area contributed by atoms with E-state index in [0.717, 1.165) is 61.3 Å². The van der Waals surface area contributed by atoms with E-state index >= 15 is 0 Å². The minimum absolute atomic E-state index is 0.582. The highest BCUT2D eigenvalue weighted by Crippen LogP contribution is 2.36. The summed E-state index contributed by atoms with van der Waals surface area (Å²) < 4.78 is 0. The zero-order valence-corrected chi connectivity index (χ0v) is 21.0. The van der Waals surface area contributed by atoms with Crippen LogP contribution in [0.4, 0.5) is 0 Å². The molecule has 0 aliphatic heterocycles. The van der Waals surface area contributed by atoms with Crippen LogP contribution in [-0.4, -0.2) is 20.2 Å². The zero-order valence-electron chi connectivity index (χ0n) is 20.1. The number of thiophene rings is 1. The first-order valence-electron chi connectivity index (χ1n) is 12.1. The molecular weight excluding hydrogens is 462 g/mol. The van der Waals surface area contributed by atoms with Crippen molar-refractivity contribution < 1.29 is 0 Å². The third kappa shape index (κ3) is 4.10. The van der Waals surface area contributed by atoms with Crippen molar-refractivity contribution in [2.75, 3.05) is 0 Å². The molecule has 1 aliphatic carbocycles. The van der Waals surface area contributed by atoms with Gasteiger partial charge in [0, 0.05) is 38.8 Å². The highest BCUT2D eigenvalue weighted by atomic mass is 32.1. The minimum atomic E-state index is 0.582. The molecular formula is C30H27N5S.